The molecule has 3 nitrogen and oxygen atoms in total. The van der Waals surface area contributed by atoms with Gasteiger partial charge in [-0.1, -0.05) is 29.3 Å². The number of carbonyl (C=O) groups excluding carboxylic acids is 1. The Morgan fingerprint density at radius 1 is 1.56 bits per heavy atom. The summed E-state index contributed by atoms with van der Waals surface area (Å²) in [6.45, 7) is 2.20. The van der Waals surface area contributed by atoms with Crippen LogP contribution in [0.15, 0.2) is 18.2 Å². The molecule has 0 aromatic heterocycles. The quantitative estimate of drug-likeness (QED) is 0.870. The summed E-state index contributed by atoms with van der Waals surface area (Å²) < 4.78 is 4.99. The number of hydrogen-bond acceptors (Lipinski definition) is 4. The van der Waals surface area contributed by atoms with Gasteiger partial charge >= 0.3 is 5.97 Å². The maximum absolute atomic E-state index is 11.6. The number of thioether (sulfide) groups is 1. The Hall–Kier alpha value is -0.420. The van der Waals surface area contributed by atoms with Gasteiger partial charge in [-0.25, -0.2) is 0 Å². The Labute approximate surface area is 120 Å². The number of carbonyl (C=O) groups is 1. The second kappa shape index (κ2) is 6.15. The second-order valence-electron chi connectivity index (χ2n) is 3.85. The lowest BCUT2D eigenvalue weighted by molar-refractivity contribution is -0.144. The van der Waals surface area contributed by atoms with Crippen molar-refractivity contribution in [3.63, 3.8) is 0 Å². The molecule has 1 aromatic rings. The highest BCUT2D eigenvalue weighted by atomic mass is 35.5. The molecule has 1 aliphatic heterocycles. The van der Waals surface area contributed by atoms with Gasteiger partial charge in [0.1, 0.15) is 6.04 Å². The third-order valence-electron chi connectivity index (χ3n) is 2.60. The minimum absolute atomic E-state index is 0.00386. The molecule has 18 heavy (non-hydrogen) atoms. The van der Waals surface area contributed by atoms with E-state index in [1.165, 1.54) is 0 Å². The van der Waals surface area contributed by atoms with Gasteiger partial charge in [0.2, 0.25) is 0 Å². The molecule has 1 heterocycles. The molecular formula is C12H13Cl2NO2S. The lowest BCUT2D eigenvalue weighted by Gasteiger charge is -2.14. The summed E-state index contributed by atoms with van der Waals surface area (Å²) in [4.78, 5) is 11.6. The molecule has 0 radical (unpaired) electrons. The number of ether oxygens (including phenoxy) is 1. The van der Waals surface area contributed by atoms with Gasteiger partial charge in [0, 0.05) is 15.8 Å². The predicted molar refractivity (Wildman–Crippen MR) is 75.2 cm³/mol. The van der Waals surface area contributed by atoms with Crippen LogP contribution in [0.25, 0.3) is 0 Å². The van der Waals surface area contributed by atoms with Crippen LogP contribution < -0.4 is 5.32 Å². The summed E-state index contributed by atoms with van der Waals surface area (Å²) in [6.07, 6.45) is 0. The highest BCUT2D eigenvalue weighted by Crippen LogP contribution is 2.37. The van der Waals surface area contributed by atoms with E-state index in [1.807, 2.05) is 6.07 Å². The van der Waals surface area contributed by atoms with Crippen molar-refractivity contribution < 1.29 is 9.53 Å². The van der Waals surface area contributed by atoms with Crippen molar-refractivity contribution in [2.45, 2.75) is 18.3 Å². The average molecular weight is 306 g/mol. The van der Waals surface area contributed by atoms with E-state index >= 15 is 0 Å². The van der Waals surface area contributed by atoms with Crippen molar-refractivity contribution >= 4 is 40.9 Å². The number of rotatable bonds is 3. The molecule has 1 N–H and O–H groups in total. The largest absolute Gasteiger partial charge is 0.465 e. The van der Waals surface area contributed by atoms with Gasteiger partial charge in [0.05, 0.1) is 12.0 Å². The zero-order valence-corrected chi connectivity index (χ0v) is 12.1. The summed E-state index contributed by atoms with van der Waals surface area (Å²) >= 11 is 13.6. The molecular weight excluding hydrogens is 293 g/mol. The molecule has 2 rings (SSSR count). The van der Waals surface area contributed by atoms with E-state index in [1.54, 1.807) is 30.8 Å². The number of benzene rings is 1. The monoisotopic (exact) mass is 305 g/mol. The number of halogens is 2. The topological polar surface area (TPSA) is 38.3 Å². The first-order valence-corrected chi connectivity index (χ1v) is 7.41. The van der Waals surface area contributed by atoms with Crippen molar-refractivity contribution in [2.75, 3.05) is 12.4 Å². The van der Waals surface area contributed by atoms with Crippen LogP contribution in [-0.2, 0) is 9.53 Å². The third kappa shape index (κ3) is 3.12. The lowest BCUT2D eigenvalue weighted by atomic mass is 10.2. The van der Waals surface area contributed by atoms with Crippen LogP contribution in [0.5, 0.6) is 0 Å². The van der Waals surface area contributed by atoms with Gasteiger partial charge in [-0.2, -0.15) is 0 Å². The Morgan fingerprint density at radius 2 is 2.33 bits per heavy atom. The highest BCUT2D eigenvalue weighted by molar-refractivity contribution is 7.99. The van der Waals surface area contributed by atoms with E-state index in [0.29, 0.717) is 22.4 Å². The van der Waals surface area contributed by atoms with E-state index in [-0.39, 0.29) is 17.4 Å². The molecule has 2 atom stereocenters. The minimum atomic E-state index is -0.272. The first-order chi connectivity index (χ1) is 8.61. The zero-order chi connectivity index (χ0) is 13.1. The Balaban J connectivity index is 2.06. The fraction of sp³-hybridized carbons (Fsp3) is 0.417. The maximum Gasteiger partial charge on any atom is 0.324 e. The van der Waals surface area contributed by atoms with Crippen LogP contribution in [0.2, 0.25) is 10.0 Å². The molecule has 1 aliphatic rings. The molecule has 0 aliphatic carbocycles. The second-order valence-corrected chi connectivity index (χ2v) is 5.83. The van der Waals surface area contributed by atoms with Crippen LogP contribution in [0.4, 0.5) is 0 Å². The van der Waals surface area contributed by atoms with Crippen molar-refractivity contribution in [3.8, 4) is 0 Å². The zero-order valence-electron chi connectivity index (χ0n) is 9.78. The van der Waals surface area contributed by atoms with Gasteiger partial charge in [0.15, 0.2) is 0 Å². The molecule has 0 bridgehead atoms. The maximum atomic E-state index is 11.6. The molecule has 0 saturated carbocycles. The molecule has 1 unspecified atom stereocenters. The molecule has 0 spiro atoms. The SMILES string of the molecule is CCOC(=O)[C@H]1CSC(c2ccc(Cl)cc2Cl)N1. The summed E-state index contributed by atoms with van der Waals surface area (Å²) in [5, 5.41) is 4.43. The van der Waals surface area contributed by atoms with Crippen molar-refractivity contribution in [1.29, 1.82) is 0 Å². The van der Waals surface area contributed by atoms with Gasteiger partial charge in [-0.05, 0) is 24.6 Å². The normalized spacial score (nSPS) is 23.1. The summed E-state index contributed by atoms with van der Waals surface area (Å²) in [5.74, 6) is 0.472. The third-order valence-corrected chi connectivity index (χ3v) is 4.41. The predicted octanol–water partition coefficient (Wildman–Crippen LogP) is 3.26. The highest BCUT2D eigenvalue weighted by Gasteiger charge is 2.32. The number of nitrogens with one attached hydrogen (secondary N) is 1. The average Bonchev–Trinajstić information content (AvgIpc) is 2.78. The number of esters is 1. The van der Waals surface area contributed by atoms with Crippen LogP contribution >= 0.6 is 35.0 Å². The van der Waals surface area contributed by atoms with Gasteiger partial charge in [0.25, 0.3) is 0 Å². The van der Waals surface area contributed by atoms with Gasteiger partial charge in [-0.15, -0.1) is 11.8 Å². The van der Waals surface area contributed by atoms with Gasteiger partial charge in [-0.3, -0.25) is 10.1 Å². The Kier molecular flexibility index (Phi) is 4.78. The molecule has 0 amide bonds. The smallest absolute Gasteiger partial charge is 0.324 e. The lowest BCUT2D eigenvalue weighted by Crippen LogP contribution is -2.35. The minimum Gasteiger partial charge on any atom is -0.465 e. The molecule has 98 valence electrons. The fourth-order valence-electron chi connectivity index (χ4n) is 1.74. The van der Waals surface area contributed by atoms with E-state index in [0.717, 1.165) is 5.56 Å². The summed E-state index contributed by atoms with van der Waals surface area (Å²) in [6, 6.07) is 5.11. The van der Waals surface area contributed by atoms with E-state index < -0.39 is 0 Å². The fourth-order valence-corrected chi connectivity index (χ4v) is 3.59. The summed E-state index contributed by atoms with van der Waals surface area (Å²) in [7, 11) is 0. The van der Waals surface area contributed by atoms with Crippen LogP contribution in [0, 0.1) is 0 Å². The van der Waals surface area contributed by atoms with Crippen LogP contribution in [-0.4, -0.2) is 24.4 Å². The first kappa shape index (κ1) is 14.0. The molecule has 1 aromatic carbocycles. The van der Waals surface area contributed by atoms with Crippen LogP contribution in [0.1, 0.15) is 17.9 Å². The van der Waals surface area contributed by atoms with E-state index in [2.05, 4.69) is 5.32 Å². The first-order valence-electron chi connectivity index (χ1n) is 5.61. The van der Waals surface area contributed by atoms with Crippen molar-refractivity contribution in [3.05, 3.63) is 33.8 Å². The Morgan fingerprint density at radius 3 is 3.00 bits per heavy atom. The molecule has 1 saturated heterocycles. The van der Waals surface area contributed by atoms with E-state index in [9.17, 15) is 4.79 Å². The standard InChI is InChI=1S/C12H13Cl2NO2S/c1-2-17-12(16)10-6-18-11(15-10)8-4-3-7(13)5-9(8)14/h3-5,10-11,15H,2,6H2,1H3/t10-,11?/m1/s1. The van der Waals surface area contributed by atoms with Gasteiger partial charge < -0.3 is 4.74 Å². The molecule has 6 heteroatoms. The Bertz CT molecular complexity index is 456. The van der Waals surface area contributed by atoms with Crippen molar-refractivity contribution in [2.24, 2.45) is 0 Å². The number of hydrogen-bond donors (Lipinski definition) is 1. The van der Waals surface area contributed by atoms with E-state index in [4.69, 9.17) is 27.9 Å². The van der Waals surface area contributed by atoms with Crippen molar-refractivity contribution in [1.82, 2.24) is 5.32 Å². The molecule has 1 fully saturated rings. The van der Waals surface area contributed by atoms with Crippen LogP contribution in [0.3, 0.4) is 0 Å². The summed E-state index contributed by atoms with van der Waals surface area (Å²) in [5.41, 5.74) is 0.942.